The number of ether oxygens (including phenoxy) is 1. The summed E-state index contributed by atoms with van der Waals surface area (Å²) < 4.78 is 5.04. The lowest BCUT2D eigenvalue weighted by Gasteiger charge is -2.10. The van der Waals surface area contributed by atoms with E-state index in [9.17, 15) is 0 Å². The molecule has 80 valence electrons. The number of rotatable bonds is 6. The molecule has 0 aliphatic rings. The van der Waals surface area contributed by atoms with Crippen molar-refractivity contribution in [2.24, 2.45) is 0 Å². The zero-order valence-corrected chi connectivity index (χ0v) is 9.86. The Labute approximate surface area is 89.5 Å². The molecular formula is C10H18N2OS. The second-order valence-electron chi connectivity index (χ2n) is 3.31. The van der Waals surface area contributed by atoms with Crippen LogP contribution in [0, 0.1) is 0 Å². The molecule has 4 heteroatoms. The van der Waals surface area contributed by atoms with E-state index in [1.165, 1.54) is 4.88 Å². The van der Waals surface area contributed by atoms with Crippen LogP contribution in [0.25, 0.3) is 0 Å². The van der Waals surface area contributed by atoms with Gasteiger partial charge in [-0.05, 0) is 13.3 Å². The van der Waals surface area contributed by atoms with Gasteiger partial charge in [0.25, 0.3) is 0 Å². The molecule has 3 nitrogen and oxygen atoms in total. The minimum atomic E-state index is 0.383. The molecule has 1 rings (SSSR count). The zero-order chi connectivity index (χ0) is 10.4. The van der Waals surface area contributed by atoms with Crippen LogP contribution in [0.4, 0.5) is 0 Å². The first-order valence-electron chi connectivity index (χ1n) is 4.92. The third kappa shape index (κ3) is 3.74. The van der Waals surface area contributed by atoms with Crippen molar-refractivity contribution in [3.05, 3.63) is 16.1 Å². The van der Waals surface area contributed by atoms with Crippen molar-refractivity contribution in [1.29, 1.82) is 0 Å². The second-order valence-corrected chi connectivity index (χ2v) is 4.51. The van der Waals surface area contributed by atoms with Gasteiger partial charge in [-0.2, -0.15) is 0 Å². The Hall–Kier alpha value is -0.450. The summed E-state index contributed by atoms with van der Waals surface area (Å²) in [6.07, 6.45) is 3.04. The Kier molecular flexibility index (Phi) is 5.07. The number of thiazole rings is 1. The van der Waals surface area contributed by atoms with E-state index < -0.39 is 0 Å². The Morgan fingerprint density at radius 2 is 2.43 bits per heavy atom. The summed E-state index contributed by atoms with van der Waals surface area (Å²) in [6, 6.07) is 0.383. The van der Waals surface area contributed by atoms with Crippen LogP contribution in [-0.2, 0) is 17.7 Å². The smallest absolute Gasteiger partial charge is 0.107 e. The molecule has 0 saturated carbocycles. The summed E-state index contributed by atoms with van der Waals surface area (Å²) in [6.45, 7) is 5.84. The Balaban J connectivity index is 2.30. The molecule has 0 aliphatic carbocycles. The van der Waals surface area contributed by atoms with Gasteiger partial charge in [-0.3, -0.25) is 0 Å². The molecule has 1 heterocycles. The fourth-order valence-corrected chi connectivity index (χ4v) is 1.98. The highest BCUT2D eigenvalue weighted by atomic mass is 32.1. The van der Waals surface area contributed by atoms with Gasteiger partial charge < -0.3 is 10.1 Å². The van der Waals surface area contributed by atoms with E-state index in [-0.39, 0.29) is 0 Å². The Morgan fingerprint density at radius 1 is 1.64 bits per heavy atom. The fourth-order valence-electron chi connectivity index (χ4n) is 1.16. The van der Waals surface area contributed by atoms with Crippen molar-refractivity contribution < 1.29 is 4.74 Å². The summed E-state index contributed by atoms with van der Waals surface area (Å²) in [5.41, 5.74) is 0. The van der Waals surface area contributed by atoms with E-state index in [1.54, 1.807) is 18.4 Å². The molecule has 0 aliphatic heterocycles. The van der Waals surface area contributed by atoms with Gasteiger partial charge in [0.1, 0.15) is 5.01 Å². The molecule has 0 aromatic carbocycles. The topological polar surface area (TPSA) is 34.2 Å². The van der Waals surface area contributed by atoms with Crippen LogP contribution in [0.5, 0.6) is 0 Å². The predicted molar refractivity (Wildman–Crippen MR) is 59.7 cm³/mol. The third-order valence-electron chi connectivity index (χ3n) is 1.97. The van der Waals surface area contributed by atoms with Gasteiger partial charge in [0.15, 0.2) is 0 Å². The normalized spacial score (nSPS) is 13.1. The highest BCUT2D eigenvalue weighted by Gasteiger charge is 2.03. The molecule has 0 bridgehead atoms. The van der Waals surface area contributed by atoms with Crippen molar-refractivity contribution in [3.8, 4) is 0 Å². The van der Waals surface area contributed by atoms with Crippen LogP contribution in [0.2, 0.25) is 0 Å². The standard InChI is InChI=1S/C10H18N2OS/c1-4-9-5-12-10(14-9)6-11-8(2)7-13-3/h5,8,11H,4,6-7H2,1-3H3. The lowest BCUT2D eigenvalue weighted by molar-refractivity contribution is 0.171. The SMILES string of the molecule is CCc1cnc(CNC(C)COC)s1. The van der Waals surface area contributed by atoms with Crippen molar-refractivity contribution in [2.45, 2.75) is 32.9 Å². The molecule has 1 aromatic rings. The van der Waals surface area contributed by atoms with Crippen LogP contribution in [0.3, 0.4) is 0 Å². The number of aromatic nitrogens is 1. The van der Waals surface area contributed by atoms with E-state index in [0.717, 1.165) is 24.6 Å². The van der Waals surface area contributed by atoms with Crippen molar-refractivity contribution in [1.82, 2.24) is 10.3 Å². The number of nitrogens with one attached hydrogen (secondary N) is 1. The van der Waals surface area contributed by atoms with E-state index in [1.807, 2.05) is 6.20 Å². The van der Waals surface area contributed by atoms with Gasteiger partial charge in [0, 0.05) is 30.8 Å². The third-order valence-corrected chi connectivity index (χ3v) is 3.11. The van der Waals surface area contributed by atoms with E-state index in [2.05, 4.69) is 24.1 Å². The molecule has 1 N–H and O–H groups in total. The average Bonchev–Trinajstić information content (AvgIpc) is 2.63. The van der Waals surface area contributed by atoms with Gasteiger partial charge in [-0.15, -0.1) is 11.3 Å². The van der Waals surface area contributed by atoms with Gasteiger partial charge in [0.05, 0.1) is 6.61 Å². The number of hydrogen-bond donors (Lipinski definition) is 1. The maximum atomic E-state index is 5.04. The molecule has 1 unspecified atom stereocenters. The van der Waals surface area contributed by atoms with E-state index in [0.29, 0.717) is 6.04 Å². The van der Waals surface area contributed by atoms with Crippen molar-refractivity contribution in [2.75, 3.05) is 13.7 Å². The summed E-state index contributed by atoms with van der Waals surface area (Å²) in [5.74, 6) is 0. The number of methoxy groups -OCH3 is 1. The van der Waals surface area contributed by atoms with Crippen LogP contribution in [-0.4, -0.2) is 24.7 Å². The molecular weight excluding hydrogens is 196 g/mol. The number of aryl methyl sites for hydroxylation is 1. The maximum absolute atomic E-state index is 5.04. The number of nitrogens with zero attached hydrogens (tertiary/aromatic N) is 1. The monoisotopic (exact) mass is 214 g/mol. The van der Waals surface area contributed by atoms with Gasteiger partial charge in [-0.1, -0.05) is 6.92 Å². The highest BCUT2D eigenvalue weighted by Crippen LogP contribution is 2.12. The summed E-state index contributed by atoms with van der Waals surface area (Å²) >= 11 is 1.78. The molecule has 0 fully saturated rings. The van der Waals surface area contributed by atoms with Crippen LogP contribution >= 0.6 is 11.3 Å². The van der Waals surface area contributed by atoms with E-state index >= 15 is 0 Å². The lowest BCUT2D eigenvalue weighted by Crippen LogP contribution is -2.29. The molecule has 14 heavy (non-hydrogen) atoms. The quantitative estimate of drug-likeness (QED) is 0.784. The van der Waals surface area contributed by atoms with Crippen molar-refractivity contribution >= 4 is 11.3 Å². The summed E-state index contributed by atoms with van der Waals surface area (Å²) in [5, 5.41) is 4.52. The lowest BCUT2D eigenvalue weighted by atomic mass is 10.3. The molecule has 0 spiro atoms. The minimum absolute atomic E-state index is 0.383. The van der Waals surface area contributed by atoms with Gasteiger partial charge >= 0.3 is 0 Å². The molecule has 1 atom stereocenters. The van der Waals surface area contributed by atoms with Gasteiger partial charge in [0.2, 0.25) is 0 Å². The summed E-state index contributed by atoms with van der Waals surface area (Å²) in [4.78, 5) is 5.68. The van der Waals surface area contributed by atoms with Crippen molar-refractivity contribution in [3.63, 3.8) is 0 Å². The predicted octanol–water partition coefficient (Wildman–Crippen LogP) is 1.83. The second kappa shape index (κ2) is 6.11. The number of hydrogen-bond acceptors (Lipinski definition) is 4. The molecule has 1 aromatic heterocycles. The first-order chi connectivity index (χ1) is 6.76. The molecule has 0 radical (unpaired) electrons. The highest BCUT2D eigenvalue weighted by molar-refractivity contribution is 7.11. The van der Waals surface area contributed by atoms with Crippen LogP contribution in [0.15, 0.2) is 6.20 Å². The van der Waals surface area contributed by atoms with Crippen LogP contribution < -0.4 is 5.32 Å². The first kappa shape index (κ1) is 11.6. The average molecular weight is 214 g/mol. The van der Waals surface area contributed by atoms with E-state index in [4.69, 9.17) is 4.74 Å². The minimum Gasteiger partial charge on any atom is -0.383 e. The zero-order valence-electron chi connectivity index (χ0n) is 9.04. The largest absolute Gasteiger partial charge is 0.383 e. The summed E-state index contributed by atoms with van der Waals surface area (Å²) in [7, 11) is 1.72. The Morgan fingerprint density at radius 3 is 3.00 bits per heavy atom. The molecule has 0 saturated heterocycles. The Bertz CT molecular complexity index is 262. The molecule has 0 amide bonds. The maximum Gasteiger partial charge on any atom is 0.107 e. The fraction of sp³-hybridized carbons (Fsp3) is 0.700. The van der Waals surface area contributed by atoms with Gasteiger partial charge in [-0.25, -0.2) is 4.98 Å². The first-order valence-corrected chi connectivity index (χ1v) is 5.73. The van der Waals surface area contributed by atoms with Crippen LogP contribution in [0.1, 0.15) is 23.7 Å².